The molecule has 8 aromatic carbocycles. The van der Waals surface area contributed by atoms with Crippen LogP contribution in [-0.4, -0.2) is 9.97 Å². The minimum atomic E-state index is 0.676. The van der Waals surface area contributed by atoms with Crippen molar-refractivity contribution in [3.63, 3.8) is 0 Å². The number of furan rings is 2. The van der Waals surface area contributed by atoms with Gasteiger partial charge >= 0.3 is 0 Å². The van der Waals surface area contributed by atoms with Crippen molar-refractivity contribution < 1.29 is 8.83 Å². The van der Waals surface area contributed by atoms with Gasteiger partial charge in [-0.3, -0.25) is 0 Å². The predicted molar refractivity (Wildman–Crippen MR) is 205 cm³/mol. The van der Waals surface area contributed by atoms with Crippen LogP contribution in [0.2, 0.25) is 0 Å². The van der Waals surface area contributed by atoms with Crippen molar-refractivity contribution in [3.05, 3.63) is 158 Å². The van der Waals surface area contributed by atoms with E-state index in [1.54, 1.807) is 0 Å². The molecule has 0 aliphatic rings. The average Bonchev–Trinajstić information content (AvgIpc) is 3.76. The molecule has 0 saturated heterocycles. The Morgan fingerprint density at radius 3 is 1.82 bits per heavy atom. The summed E-state index contributed by atoms with van der Waals surface area (Å²) in [6.45, 7) is 0. The normalized spacial score (nSPS) is 12.0. The highest BCUT2D eigenvalue weighted by atomic mass is 16.3. The summed E-state index contributed by atoms with van der Waals surface area (Å²) < 4.78 is 13.1. The Morgan fingerprint density at radius 1 is 0.360 bits per heavy atom. The van der Waals surface area contributed by atoms with Gasteiger partial charge in [-0.1, -0.05) is 127 Å². The molecule has 0 radical (unpaired) electrons. The van der Waals surface area contributed by atoms with E-state index in [9.17, 15) is 0 Å². The summed E-state index contributed by atoms with van der Waals surface area (Å²) in [7, 11) is 0. The molecule has 0 saturated carbocycles. The lowest BCUT2D eigenvalue weighted by Gasteiger charge is -2.14. The standard InChI is InChI=1S/C46H26N2O2/c1-4-11-27(12-5-1)32-23-24-38-42-40(32)36-25-30(19-21-33(36)34-17-10-18-37(49-38)41(34)42)31-20-22-35-39(26-31)50-45-43(28-13-6-2-7-14-28)47-46(48-44(35)45)29-15-8-3-9-16-29/h1-26H. The number of hydrogen-bond acceptors (Lipinski definition) is 4. The lowest BCUT2D eigenvalue weighted by molar-refractivity contribution is 0.667. The summed E-state index contributed by atoms with van der Waals surface area (Å²) in [5.41, 5.74) is 11.4. The molecule has 50 heavy (non-hydrogen) atoms. The molecule has 4 heteroatoms. The minimum Gasteiger partial charge on any atom is -0.456 e. The summed E-state index contributed by atoms with van der Waals surface area (Å²) in [5, 5.41) is 8.14. The molecule has 0 bridgehead atoms. The van der Waals surface area contributed by atoms with E-state index in [1.165, 1.54) is 43.4 Å². The zero-order valence-electron chi connectivity index (χ0n) is 26.7. The lowest BCUT2D eigenvalue weighted by Crippen LogP contribution is -1.93. The van der Waals surface area contributed by atoms with E-state index in [1.807, 2.05) is 48.5 Å². The van der Waals surface area contributed by atoms with E-state index >= 15 is 0 Å². The van der Waals surface area contributed by atoms with E-state index in [0.717, 1.165) is 55.6 Å². The maximum absolute atomic E-state index is 6.66. The van der Waals surface area contributed by atoms with Crippen LogP contribution in [-0.2, 0) is 0 Å². The van der Waals surface area contributed by atoms with Crippen molar-refractivity contribution in [3.8, 4) is 44.9 Å². The fourth-order valence-corrected chi connectivity index (χ4v) is 7.77. The zero-order valence-corrected chi connectivity index (χ0v) is 26.7. The van der Waals surface area contributed by atoms with Crippen LogP contribution in [0.25, 0.3) is 110 Å². The van der Waals surface area contributed by atoms with Gasteiger partial charge in [-0.2, -0.15) is 0 Å². The van der Waals surface area contributed by atoms with Crippen LogP contribution >= 0.6 is 0 Å². The molecule has 11 aromatic rings. The van der Waals surface area contributed by atoms with Gasteiger partial charge in [-0.15, -0.1) is 0 Å². The van der Waals surface area contributed by atoms with Gasteiger partial charge < -0.3 is 8.83 Å². The van der Waals surface area contributed by atoms with Crippen molar-refractivity contribution in [1.82, 2.24) is 9.97 Å². The van der Waals surface area contributed by atoms with Gasteiger partial charge in [-0.05, 0) is 68.7 Å². The highest BCUT2D eigenvalue weighted by molar-refractivity contribution is 6.35. The van der Waals surface area contributed by atoms with Crippen molar-refractivity contribution in [1.29, 1.82) is 0 Å². The third kappa shape index (κ3) is 3.93. The minimum absolute atomic E-state index is 0.676. The first-order valence-electron chi connectivity index (χ1n) is 16.8. The quantitative estimate of drug-likeness (QED) is 0.180. The molecule has 3 aromatic heterocycles. The van der Waals surface area contributed by atoms with E-state index in [2.05, 4.69) is 109 Å². The van der Waals surface area contributed by atoms with Crippen LogP contribution in [0.3, 0.4) is 0 Å². The highest BCUT2D eigenvalue weighted by Crippen LogP contribution is 2.47. The highest BCUT2D eigenvalue weighted by Gasteiger charge is 2.22. The van der Waals surface area contributed by atoms with Gasteiger partial charge in [0.15, 0.2) is 11.4 Å². The van der Waals surface area contributed by atoms with Gasteiger partial charge in [-0.25, -0.2) is 9.97 Å². The second-order valence-electron chi connectivity index (χ2n) is 12.9. The Kier molecular flexibility index (Phi) is 5.63. The fraction of sp³-hybridized carbons (Fsp3) is 0. The summed E-state index contributed by atoms with van der Waals surface area (Å²) in [5.74, 6) is 0.676. The maximum Gasteiger partial charge on any atom is 0.180 e. The van der Waals surface area contributed by atoms with E-state index in [0.29, 0.717) is 11.4 Å². The first kappa shape index (κ1) is 27.2. The van der Waals surface area contributed by atoms with Gasteiger partial charge in [0.25, 0.3) is 0 Å². The lowest BCUT2D eigenvalue weighted by atomic mass is 9.88. The summed E-state index contributed by atoms with van der Waals surface area (Å²) >= 11 is 0. The Labute approximate surface area is 286 Å². The summed E-state index contributed by atoms with van der Waals surface area (Å²) in [6.07, 6.45) is 0. The second kappa shape index (κ2) is 10.4. The smallest absolute Gasteiger partial charge is 0.180 e. The van der Waals surface area contributed by atoms with Crippen molar-refractivity contribution in [2.45, 2.75) is 0 Å². The van der Waals surface area contributed by atoms with Crippen LogP contribution in [0, 0.1) is 0 Å². The third-order valence-corrected chi connectivity index (χ3v) is 10.1. The molecule has 0 N–H and O–H groups in total. The van der Waals surface area contributed by atoms with E-state index in [4.69, 9.17) is 18.8 Å². The molecule has 0 unspecified atom stereocenters. The Balaban J connectivity index is 1.16. The van der Waals surface area contributed by atoms with Gasteiger partial charge in [0.05, 0.1) is 0 Å². The van der Waals surface area contributed by atoms with Crippen LogP contribution in [0.1, 0.15) is 0 Å². The number of aromatic nitrogens is 2. The number of hydrogen-bond donors (Lipinski definition) is 0. The van der Waals surface area contributed by atoms with Crippen LogP contribution in [0.4, 0.5) is 0 Å². The van der Waals surface area contributed by atoms with E-state index in [-0.39, 0.29) is 0 Å². The molecule has 11 rings (SSSR count). The number of rotatable bonds is 4. The summed E-state index contributed by atoms with van der Waals surface area (Å²) in [4.78, 5) is 10.1. The molecular formula is C46H26N2O2. The van der Waals surface area contributed by atoms with E-state index < -0.39 is 0 Å². The number of nitrogens with zero attached hydrogens (tertiary/aromatic N) is 2. The monoisotopic (exact) mass is 638 g/mol. The molecular weight excluding hydrogens is 613 g/mol. The maximum atomic E-state index is 6.66. The van der Waals surface area contributed by atoms with Crippen LogP contribution in [0.5, 0.6) is 0 Å². The van der Waals surface area contributed by atoms with Crippen molar-refractivity contribution >= 4 is 65.6 Å². The van der Waals surface area contributed by atoms with Crippen molar-refractivity contribution in [2.24, 2.45) is 0 Å². The first-order chi connectivity index (χ1) is 24.8. The zero-order chi connectivity index (χ0) is 32.8. The van der Waals surface area contributed by atoms with Gasteiger partial charge in [0, 0.05) is 32.7 Å². The average molecular weight is 639 g/mol. The molecule has 232 valence electrons. The number of fused-ring (bicyclic) bond motifs is 6. The SMILES string of the molecule is c1ccc(-c2nc(-c3ccccc3)c3oc4cc(-c5ccc6c(c5)c5c(-c7ccccc7)ccc7oc8cccc6c8c75)ccc4c3n2)cc1. The largest absolute Gasteiger partial charge is 0.456 e. The topological polar surface area (TPSA) is 52.1 Å². The molecule has 0 aliphatic heterocycles. The second-order valence-corrected chi connectivity index (χ2v) is 12.9. The Hall–Kier alpha value is -6.78. The van der Waals surface area contributed by atoms with Crippen molar-refractivity contribution in [2.75, 3.05) is 0 Å². The Bertz CT molecular complexity index is 3070. The van der Waals surface area contributed by atoms with Crippen LogP contribution in [0.15, 0.2) is 167 Å². The summed E-state index contributed by atoms with van der Waals surface area (Å²) in [6, 6.07) is 54.9. The molecule has 0 spiro atoms. The fourth-order valence-electron chi connectivity index (χ4n) is 7.77. The van der Waals surface area contributed by atoms with Gasteiger partial charge in [0.2, 0.25) is 0 Å². The first-order valence-corrected chi connectivity index (χ1v) is 16.8. The molecule has 0 atom stereocenters. The molecule has 0 aliphatic carbocycles. The molecule has 0 fully saturated rings. The molecule has 0 amide bonds. The predicted octanol–water partition coefficient (Wildman–Crippen LogP) is 12.7. The molecule has 4 nitrogen and oxygen atoms in total. The molecule has 3 heterocycles. The van der Waals surface area contributed by atoms with Gasteiger partial charge in [0.1, 0.15) is 28.0 Å². The number of benzene rings is 8. The van der Waals surface area contributed by atoms with Crippen LogP contribution < -0.4 is 0 Å². The third-order valence-electron chi connectivity index (χ3n) is 10.1. The Morgan fingerprint density at radius 2 is 1.04 bits per heavy atom.